The SMILES string of the molecule is CCC(=Cc1sc2ccc(-c3cccs3)cc2[n+]1CCC[N+](C)(C)C)C=C1Sc2ccc(-c3cccs3)cc2N1CCC[N+](C)(C)C. The lowest BCUT2D eigenvalue weighted by Gasteiger charge is -2.26. The van der Waals surface area contributed by atoms with Gasteiger partial charge in [0.1, 0.15) is 4.70 Å². The number of fused-ring (bicyclic) bond motifs is 2. The summed E-state index contributed by atoms with van der Waals surface area (Å²) in [6, 6.07) is 22.8. The van der Waals surface area contributed by atoms with Crippen LogP contribution in [0.3, 0.4) is 0 Å². The zero-order valence-electron chi connectivity index (χ0n) is 29.0. The van der Waals surface area contributed by atoms with Gasteiger partial charge in [-0.25, -0.2) is 0 Å². The number of hydrogen-bond acceptors (Lipinski definition) is 5. The molecule has 0 fully saturated rings. The van der Waals surface area contributed by atoms with Crippen molar-refractivity contribution in [2.24, 2.45) is 0 Å². The second-order valence-electron chi connectivity index (χ2n) is 14.5. The van der Waals surface area contributed by atoms with Gasteiger partial charge in [-0.15, -0.1) is 22.7 Å². The Morgan fingerprint density at radius 1 is 0.809 bits per heavy atom. The standard InChI is InChI=1S/C39H49N4S4/c1-8-29(25-38-40(19-11-21-42(2,3)4)32-27-30(15-17-36(32)46-38)34-13-9-23-44-34)26-39-41(20-12-22-43(5,6)7)33-28-31(16-18-37(33)47-39)35-14-10-24-45-35/h9-10,13-18,23-28H,8,11-12,19-22H2,1-7H3/q+3. The summed E-state index contributed by atoms with van der Waals surface area (Å²) < 4.78 is 5.91. The molecule has 1 aliphatic rings. The van der Waals surface area contributed by atoms with E-state index < -0.39 is 0 Å². The fourth-order valence-corrected chi connectivity index (χ4v) is 9.78. The number of benzene rings is 2. The van der Waals surface area contributed by atoms with Gasteiger partial charge in [-0.1, -0.05) is 54.3 Å². The van der Waals surface area contributed by atoms with Crippen molar-refractivity contribution in [1.29, 1.82) is 0 Å². The van der Waals surface area contributed by atoms with E-state index in [4.69, 9.17) is 0 Å². The first-order valence-electron chi connectivity index (χ1n) is 16.6. The topological polar surface area (TPSA) is 7.12 Å². The molecule has 0 amide bonds. The molecular formula is C39H49N4S4+3. The summed E-state index contributed by atoms with van der Waals surface area (Å²) >= 11 is 7.49. The molecule has 4 nitrogen and oxygen atoms in total. The molecule has 0 aliphatic carbocycles. The van der Waals surface area contributed by atoms with Crippen LogP contribution in [-0.4, -0.2) is 70.9 Å². The molecule has 0 radical (unpaired) electrons. The maximum atomic E-state index is 2.59. The Labute approximate surface area is 298 Å². The highest BCUT2D eigenvalue weighted by molar-refractivity contribution is 8.03. The van der Waals surface area contributed by atoms with Crippen molar-refractivity contribution in [2.45, 2.75) is 37.6 Å². The van der Waals surface area contributed by atoms with Crippen LogP contribution in [0.2, 0.25) is 0 Å². The van der Waals surface area contributed by atoms with Crippen LogP contribution in [0, 0.1) is 0 Å². The second kappa shape index (κ2) is 14.4. The number of aromatic nitrogens is 1. The highest BCUT2D eigenvalue weighted by Crippen LogP contribution is 2.48. The largest absolute Gasteiger partial charge is 0.335 e. The van der Waals surface area contributed by atoms with Gasteiger partial charge in [0.25, 0.3) is 5.01 Å². The molecule has 0 spiro atoms. The van der Waals surface area contributed by atoms with E-state index in [-0.39, 0.29) is 0 Å². The first-order chi connectivity index (χ1) is 22.5. The Hall–Kier alpha value is -2.72. The van der Waals surface area contributed by atoms with E-state index in [9.17, 15) is 0 Å². The molecule has 1 aliphatic heterocycles. The van der Waals surface area contributed by atoms with Gasteiger partial charge in [0.05, 0.1) is 72.5 Å². The molecule has 2 aromatic carbocycles. The summed E-state index contributed by atoms with van der Waals surface area (Å²) in [7, 11) is 13.8. The third-order valence-corrected chi connectivity index (χ3v) is 12.6. The number of aryl methyl sites for hydroxylation is 1. The summed E-state index contributed by atoms with van der Waals surface area (Å²) in [6.45, 7) is 6.63. The van der Waals surface area contributed by atoms with Crippen molar-refractivity contribution in [2.75, 3.05) is 66.8 Å². The highest BCUT2D eigenvalue weighted by atomic mass is 32.2. The molecule has 0 unspecified atom stereocenters. The molecule has 5 aromatic rings. The van der Waals surface area contributed by atoms with Gasteiger partial charge in [0.2, 0.25) is 5.52 Å². The normalized spacial score (nSPS) is 14.9. The van der Waals surface area contributed by atoms with Crippen LogP contribution < -0.4 is 9.47 Å². The van der Waals surface area contributed by atoms with Gasteiger partial charge in [-0.05, 0) is 70.3 Å². The number of nitrogens with zero attached hydrogens (tertiary/aromatic N) is 4. The number of thiazole rings is 1. The molecule has 0 saturated carbocycles. The summed E-state index contributed by atoms with van der Waals surface area (Å²) in [5.41, 5.74) is 6.70. The quantitative estimate of drug-likeness (QED) is 0.0891. The van der Waals surface area contributed by atoms with E-state index in [0.29, 0.717) is 0 Å². The minimum absolute atomic E-state index is 0.983. The van der Waals surface area contributed by atoms with Gasteiger partial charge >= 0.3 is 0 Å². The number of anilines is 1. The molecule has 4 heterocycles. The summed E-state index contributed by atoms with van der Waals surface area (Å²) in [4.78, 5) is 6.61. The predicted octanol–water partition coefficient (Wildman–Crippen LogP) is 10.1. The number of quaternary nitrogens is 2. The minimum atomic E-state index is 0.983. The van der Waals surface area contributed by atoms with E-state index >= 15 is 0 Å². The van der Waals surface area contributed by atoms with Gasteiger partial charge in [0.15, 0.2) is 6.54 Å². The van der Waals surface area contributed by atoms with Crippen molar-refractivity contribution in [1.82, 2.24) is 0 Å². The maximum Gasteiger partial charge on any atom is 0.263 e. The van der Waals surface area contributed by atoms with E-state index in [1.807, 2.05) is 45.8 Å². The second-order valence-corrected chi connectivity index (χ2v) is 18.5. The average molecular weight is 702 g/mol. The summed E-state index contributed by atoms with van der Waals surface area (Å²) in [6.07, 6.45) is 8.22. The van der Waals surface area contributed by atoms with Crippen LogP contribution in [0.25, 0.3) is 37.2 Å². The number of thioether (sulfide) groups is 1. The van der Waals surface area contributed by atoms with Crippen LogP contribution in [0.4, 0.5) is 5.69 Å². The van der Waals surface area contributed by atoms with Crippen LogP contribution in [-0.2, 0) is 6.54 Å². The van der Waals surface area contributed by atoms with Crippen molar-refractivity contribution < 1.29 is 13.5 Å². The summed E-state index contributed by atoms with van der Waals surface area (Å²) in [5.74, 6) is 0. The van der Waals surface area contributed by atoms with Gasteiger partial charge < -0.3 is 13.9 Å². The molecule has 3 aromatic heterocycles. The van der Waals surface area contributed by atoms with E-state index in [1.165, 1.54) is 57.3 Å². The molecule has 8 heteroatoms. The van der Waals surface area contributed by atoms with Gasteiger partial charge in [-0.2, -0.15) is 4.57 Å². The molecule has 0 atom stereocenters. The fourth-order valence-electron chi connectivity index (χ4n) is 6.04. The Balaban J connectivity index is 1.37. The fraction of sp³-hybridized carbons (Fsp3) is 0.359. The molecule has 0 N–H and O–H groups in total. The van der Waals surface area contributed by atoms with Crippen LogP contribution >= 0.6 is 45.8 Å². The van der Waals surface area contributed by atoms with Crippen molar-refractivity contribution in [3.05, 3.63) is 93.1 Å². The van der Waals surface area contributed by atoms with Crippen molar-refractivity contribution >= 4 is 67.8 Å². The minimum Gasteiger partial charge on any atom is -0.335 e. The van der Waals surface area contributed by atoms with Crippen LogP contribution in [0.15, 0.2) is 93.0 Å². The third kappa shape index (κ3) is 8.48. The summed E-state index contributed by atoms with van der Waals surface area (Å²) in [5, 5.41) is 7.03. The monoisotopic (exact) mass is 701 g/mol. The lowest BCUT2D eigenvalue weighted by molar-refractivity contribution is -0.873. The Bertz CT molecular complexity index is 1870. The third-order valence-electron chi connectivity index (χ3n) is 8.52. The smallest absolute Gasteiger partial charge is 0.263 e. The molecule has 6 rings (SSSR count). The molecular weight excluding hydrogens is 653 g/mol. The van der Waals surface area contributed by atoms with E-state index in [1.54, 1.807) is 0 Å². The maximum absolute atomic E-state index is 2.59. The zero-order valence-corrected chi connectivity index (χ0v) is 32.2. The zero-order chi connectivity index (χ0) is 33.2. The van der Waals surface area contributed by atoms with Crippen molar-refractivity contribution in [3.63, 3.8) is 0 Å². The molecule has 0 saturated heterocycles. The lowest BCUT2D eigenvalue weighted by atomic mass is 10.1. The average Bonchev–Trinajstić information content (AvgIpc) is 3.83. The first-order valence-corrected chi connectivity index (χ1v) is 20.0. The highest BCUT2D eigenvalue weighted by Gasteiger charge is 2.27. The van der Waals surface area contributed by atoms with Gasteiger partial charge in [0, 0.05) is 39.8 Å². The van der Waals surface area contributed by atoms with E-state index in [0.717, 1.165) is 54.4 Å². The number of hydrogen-bond donors (Lipinski definition) is 0. The molecule has 0 bridgehead atoms. The van der Waals surface area contributed by atoms with Crippen LogP contribution in [0.1, 0.15) is 31.2 Å². The number of thiophene rings is 2. The number of rotatable bonds is 13. The Morgan fingerprint density at radius 2 is 1.47 bits per heavy atom. The first kappa shape index (κ1) is 34.2. The lowest BCUT2D eigenvalue weighted by Crippen LogP contribution is -2.40. The number of allylic oxidation sites excluding steroid dienone is 2. The van der Waals surface area contributed by atoms with Gasteiger partial charge in [-0.3, -0.25) is 0 Å². The molecule has 47 heavy (non-hydrogen) atoms. The molecule has 246 valence electrons. The predicted molar refractivity (Wildman–Crippen MR) is 210 cm³/mol. The Morgan fingerprint density at radius 3 is 2.11 bits per heavy atom. The van der Waals surface area contributed by atoms with Crippen molar-refractivity contribution in [3.8, 4) is 20.9 Å². The Kier molecular flexibility index (Phi) is 10.5. The van der Waals surface area contributed by atoms with E-state index in [2.05, 4.69) is 142 Å². The van der Waals surface area contributed by atoms with Crippen LogP contribution in [0.5, 0.6) is 0 Å².